The molecule has 2 saturated heterocycles. The van der Waals surface area contributed by atoms with E-state index in [0.717, 1.165) is 32.8 Å². The van der Waals surface area contributed by atoms with Gasteiger partial charge in [-0.15, -0.1) is 0 Å². The lowest BCUT2D eigenvalue weighted by Crippen LogP contribution is -2.65. The molecule has 4 nitrogen and oxygen atoms in total. The van der Waals surface area contributed by atoms with Crippen molar-refractivity contribution < 1.29 is 18.9 Å². The summed E-state index contributed by atoms with van der Waals surface area (Å²) in [5.41, 5.74) is 6.91. The molecule has 0 amide bonds. The van der Waals surface area contributed by atoms with Crippen molar-refractivity contribution in [3.05, 3.63) is 22.3 Å². The minimum Gasteiger partial charge on any atom is -0.348 e. The van der Waals surface area contributed by atoms with Gasteiger partial charge in [-0.3, -0.25) is 0 Å². The summed E-state index contributed by atoms with van der Waals surface area (Å²) in [4.78, 5) is 0. The van der Waals surface area contributed by atoms with Crippen LogP contribution in [0.4, 0.5) is 0 Å². The van der Waals surface area contributed by atoms with E-state index in [1.807, 2.05) is 5.57 Å². The van der Waals surface area contributed by atoms with Crippen LogP contribution in [-0.4, -0.2) is 38.0 Å². The largest absolute Gasteiger partial charge is 0.348 e. The Balaban J connectivity index is 1.01. The van der Waals surface area contributed by atoms with Crippen LogP contribution in [0, 0.1) is 29.1 Å². The summed E-state index contributed by atoms with van der Waals surface area (Å²) in [6.07, 6.45) is 20.8. The maximum absolute atomic E-state index is 6.94. The Kier molecular flexibility index (Phi) is 5.20. The number of hydrogen-bond donors (Lipinski definition) is 0. The molecule has 4 bridgehead atoms. The highest BCUT2D eigenvalue weighted by molar-refractivity contribution is 5.31. The highest BCUT2D eigenvalue weighted by Gasteiger charge is 2.61. The fraction of sp³-hybridized carbons (Fsp3) is 0.871. The Morgan fingerprint density at radius 2 is 1.23 bits per heavy atom. The molecule has 0 unspecified atom stereocenters. The van der Waals surface area contributed by atoms with Gasteiger partial charge in [0.25, 0.3) is 0 Å². The molecular weight excluding hydrogens is 436 g/mol. The Morgan fingerprint density at radius 3 is 2.06 bits per heavy atom. The summed E-state index contributed by atoms with van der Waals surface area (Å²) >= 11 is 0. The topological polar surface area (TPSA) is 36.9 Å². The first-order chi connectivity index (χ1) is 17.2. The van der Waals surface area contributed by atoms with Gasteiger partial charge in [-0.05, 0) is 89.4 Å². The van der Waals surface area contributed by atoms with Crippen LogP contribution in [0.3, 0.4) is 0 Å². The first kappa shape index (κ1) is 22.3. The van der Waals surface area contributed by atoms with Crippen molar-refractivity contribution in [3.63, 3.8) is 0 Å². The maximum atomic E-state index is 6.94. The van der Waals surface area contributed by atoms with Gasteiger partial charge < -0.3 is 18.9 Å². The Labute approximate surface area is 211 Å². The van der Waals surface area contributed by atoms with Gasteiger partial charge in [-0.1, -0.05) is 35.1 Å². The first-order valence-corrected chi connectivity index (χ1v) is 15.2. The van der Waals surface area contributed by atoms with Gasteiger partial charge in [0.15, 0.2) is 11.6 Å². The van der Waals surface area contributed by atoms with Crippen molar-refractivity contribution >= 4 is 0 Å². The summed E-state index contributed by atoms with van der Waals surface area (Å²) in [5.74, 6) is 1.48. The molecule has 192 valence electrons. The van der Waals surface area contributed by atoms with E-state index in [1.165, 1.54) is 96.3 Å². The number of rotatable bonds is 0. The van der Waals surface area contributed by atoms with Crippen molar-refractivity contribution in [1.82, 2.24) is 0 Å². The summed E-state index contributed by atoms with van der Waals surface area (Å²) in [6.45, 7) is 2.94. The van der Waals surface area contributed by atoms with E-state index in [0.29, 0.717) is 23.7 Å². The van der Waals surface area contributed by atoms with Crippen LogP contribution >= 0.6 is 0 Å². The molecule has 0 aromatic heterocycles. The van der Waals surface area contributed by atoms with Crippen LogP contribution in [0.15, 0.2) is 22.3 Å². The lowest BCUT2D eigenvalue weighted by Gasteiger charge is -2.60. The zero-order valence-corrected chi connectivity index (χ0v) is 21.6. The van der Waals surface area contributed by atoms with Crippen molar-refractivity contribution in [1.29, 1.82) is 0 Å². The summed E-state index contributed by atoms with van der Waals surface area (Å²) in [6, 6.07) is 0. The van der Waals surface area contributed by atoms with E-state index in [4.69, 9.17) is 18.9 Å². The minimum absolute atomic E-state index is 0.138. The van der Waals surface area contributed by atoms with Gasteiger partial charge in [0.2, 0.25) is 0 Å². The maximum Gasteiger partial charge on any atom is 0.177 e. The molecule has 7 aliphatic carbocycles. The molecule has 4 fully saturated rings. The highest BCUT2D eigenvalue weighted by atomic mass is 16.7. The second-order valence-electron chi connectivity index (χ2n) is 13.6. The molecule has 3 spiro atoms. The molecule has 0 aromatic rings. The third kappa shape index (κ3) is 3.25. The Morgan fingerprint density at radius 1 is 0.571 bits per heavy atom. The molecule has 0 N–H and O–H groups in total. The second kappa shape index (κ2) is 8.16. The van der Waals surface area contributed by atoms with Crippen LogP contribution in [0.2, 0.25) is 0 Å². The van der Waals surface area contributed by atoms with E-state index < -0.39 is 0 Å². The average molecular weight is 481 g/mol. The minimum atomic E-state index is -0.374. The quantitative estimate of drug-likeness (QED) is 0.356. The molecular formula is C31H44O4. The van der Waals surface area contributed by atoms with Crippen LogP contribution in [0.5, 0.6) is 0 Å². The van der Waals surface area contributed by atoms with Crippen molar-refractivity contribution in [2.75, 3.05) is 26.4 Å². The van der Waals surface area contributed by atoms with E-state index >= 15 is 0 Å². The highest BCUT2D eigenvalue weighted by Crippen LogP contribution is 2.59. The van der Waals surface area contributed by atoms with E-state index in [2.05, 4.69) is 0 Å². The molecule has 4 atom stereocenters. The lowest BCUT2D eigenvalue weighted by molar-refractivity contribution is -0.400. The zero-order chi connectivity index (χ0) is 23.1. The van der Waals surface area contributed by atoms with Crippen LogP contribution in [0.25, 0.3) is 0 Å². The number of fused-ring (bicyclic) bond motifs is 3. The molecule has 2 heterocycles. The van der Waals surface area contributed by atoms with Crippen molar-refractivity contribution in [2.24, 2.45) is 29.1 Å². The molecule has 4 heteroatoms. The molecule has 2 saturated carbocycles. The summed E-state index contributed by atoms with van der Waals surface area (Å²) in [7, 11) is 0. The van der Waals surface area contributed by atoms with Crippen LogP contribution in [-0.2, 0) is 18.9 Å². The average Bonchev–Trinajstić information content (AvgIpc) is 3.19. The molecule has 0 aromatic carbocycles. The molecule has 0 radical (unpaired) electrons. The SMILES string of the molecule is C1CCC2=C(C1)C[C@H]1CCC[C@@H]2C12OCC1(COC3(C[C@@H]4CCC[C@@H]3C3=C4CCCC3)OC1)CO2. The smallest absolute Gasteiger partial charge is 0.177 e. The second-order valence-corrected chi connectivity index (χ2v) is 13.6. The zero-order valence-electron chi connectivity index (χ0n) is 21.6. The van der Waals surface area contributed by atoms with E-state index in [1.54, 1.807) is 16.7 Å². The van der Waals surface area contributed by atoms with E-state index in [-0.39, 0.29) is 17.0 Å². The van der Waals surface area contributed by atoms with Gasteiger partial charge >= 0.3 is 0 Å². The number of hydrogen-bond acceptors (Lipinski definition) is 4. The van der Waals surface area contributed by atoms with Gasteiger partial charge in [0, 0.05) is 24.2 Å². The third-order valence-electron chi connectivity index (χ3n) is 11.7. The van der Waals surface area contributed by atoms with Crippen LogP contribution in [0.1, 0.15) is 103 Å². The van der Waals surface area contributed by atoms with Gasteiger partial charge in [-0.25, -0.2) is 0 Å². The van der Waals surface area contributed by atoms with E-state index in [9.17, 15) is 0 Å². The Bertz CT molecular complexity index is 928. The molecule has 35 heavy (non-hydrogen) atoms. The predicted molar refractivity (Wildman–Crippen MR) is 134 cm³/mol. The first-order valence-electron chi connectivity index (χ1n) is 15.2. The van der Waals surface area contributed by atoms with Gasteiger partial charge in [0.1, 0.15) is 0 Å². The monoisotopic (exact) mass is 480 g/mol. The normalized spacial score (nSPS) is 49.4. The fourth-order valence-electron chi connectivity index (χ4n) is 9.96. The number of allylic oxidation sites excluding steroid dienone is 2. The lowest BCUT2D eigenvalue weighted by atomic mass is 9.61. The molecule has 9 rings (SSSR count). The Hall–Kier alpha value is -0.680. The standard InChI is InChI=1S/C31H44O4/c1-2-11-25-21(7-1)15-23-9-6-14-28(25)31(23)34-19-29(20-35-31)17-32-30(33-18-29)16-22-8-5-13-27(30)26-12-4-3-10-24(22)26/h22-23,27-28H,1-20H2/t22-,23+,27+,28-,29?,30?,31?/m0/s1. The molecule has 9 aliphatic rings. The summed E-state index contributed by atoms with van der Waals surface area (Å²) < 4.78 is 27.7. The van der Waals surface area contributed by atoms with Crippen LogP contribution < -0.4 is 0 Å². The summed E-state index contributed by atoms with van der Waals surface area (Å²) in [5, 5.41) is 0. The van der Waals surface area contributed by atoms with Crippen molar-refractivity contribution in [2.45, 2.75) is 114 Å². The number of ether oxygens (including phenoxy) is 4. The fourth-order valence-corrected chi connectivity index (χ4v) is 9.96. The molecule has 2 aliphatic heterocycles. The van der Waals surface area contributed by atoms with Gasteiger partial charge in [-0.2, -0.15) is 0 Å². The van der Waals surface area contributed by atoms with Gasteiger partial charge in [0.05, 0.1) is 31.8 Å². The third-order valence-corrected chi connectivity index (χ3v) is 11.7. The van der Waals surface area contributed by atoms with Crippen molar-refractivity contribution in [3.8, 4) is 0 Å². The predicted octanol–water partition coefficient (Wildman–Crippen LogP) is 6.84.